The summed E-state index contributed by atoms with van der Waals surface area (Å²) in [5.41, 5.74) is 4.82. The van der Waals surface area contributed by atoms with Crippen LogP contribution in [0.3, 0.4) is 0 Å². The number of aryl methyl sites for hydroxylation is 2. The number of aromatic nitrogens is 1. The van der Waals surface area contributed by atoms with Crippen LogP contribution in [0.5, 0.6) is 0 Å². The Kier molecular flexibility index (Phi) is 6.22. The van der Waals surface area contributed by atoms with Gasteiger partial charge in [0.1, 0.15) is 5.60 Å². The Hall–Kier alpha value is -3.66. The standard InChI is InChI=1S/C28H28N2O2/c1-28(2,3)32-27(31)23-17-16-21(15-14-20-9-5-4-6-10-20)19-25(23)30-24-13-7-11-22-12-8-18-29-26(22)24/h4-13,16-19,30H,14-15H2,1-3H3. The Morgan fingerprint density at radius 2 is 1.59 bits per heavy atom. The number of nitrogens with one attached hydrogen (secondary N) is 1. The van der Waals surface area contributed by atoms with Crippen LogP contribution in [0.4, 0.5) is 11.4 Å². The van der Waals surface area contributed by atoms with E-state index in [0.717, 1.165) is 40.7 Å². The minimum absolute atomic E-state index is 0.345. The first-order valence-electron chi connectivity index (χ1n) is 10.9. The molecule has 0 aliphatic carbocycles. The van der Waals surface area contributed by atoms with Crippen LogP contribution in [0.15, 0.2) is 85.1 Å². The van der Waals surface area contributed by atoms with Gasteiger partial charge in [-0.05, 0) is 69.0 Å². The molecule has 0 radical (unpaired) electrons. The third-order valence-corrected chi connectivity index (χ3v) is 5.15. The average Bonchev–Trinajstić information content (AvgIpc) is 2.77. The maximum atomic E-state index is 12.9. The molecule has 1 heterocycles. The zero-order valence-electron chi connectivity index (χ0n) is 18.8. The summed E-state index contributed by atoms with van der Waals surface area (Å²) in [5.74, 6) is -0.345. The minimum atomic E-state index is -0.568. The molecule has 4 rings (SSSR count). The van der Waals surface area contributed by atoms with E-state index in [1.54, 1.807) is 6.20 Å². The van der Waals surface area contributed by atoms with E-state index in [-0.39, 0.29) is 5.97 Å². The normalized spacial score (nSPS) is 11.3. The van der Waals surface area contributed by atoms with Crippen LogP contribution < -0.4 is 5.32 Å². The molecule has 0 spiro atoms. The summed E-state index contributed by atoms with van der Waals surface area (Å²) in [6.07, 6.45) is 3.58. The van der Waals surface area contributed by atoms with Gasteiger partial charge in [-0.3, -0.25) is 4.98 Å². The van der Waals surface area contributed by atoms with Gasteiger partial charge in [-0.2, -0.15) is 0 Å². The molecule has 0 saturated heterocycles. The third kappa shape index (κ3) is 5.33. The van der Waals surface area contributed by atoms with Crippen molar-refractivity contribution in [2.24, 2.45) is 0 Å². The summed E-state index contributed by atoms with van der Waals surface area (Å²) in [6, 6.07) is 26.3. The van der Waals surface area contributed by atoms with Crippen molar-refractivity contribution in [2.75, 3.05) is 5.32 Å². The van der Waals surface area contributed by atoms with Crippen molar-refractivity contribution in [3.8, 4) is 0 Å². The minimum Gasteiger partial charge on any atom is -0.456 e. The van der Waals surface area contributed by atoms with Crippen LogP contribution in [-0.2, 0) is 17.6 Å². The van der Waals surface area contributed by atoms with Crippen molar-refractivity contribution in [3.63, 3.8) is 0 Å². The molecule has 0 aliphatic rings. The molecule has 0 aliphatic heterocycles. The first-order valence-corrected chi connectivity index (χ1v) is 10.9. The van der Waals surface area contributed by atoms with Crippen molar-refractivity contribution >= 4 is 28.2 Å². The second-order valence-electron chi connectivity index (χ2n) is 8.87. The van der Waals surface area contributed by atoms with Crippen LogP contribution in [-0.4, -0.2) is 16.6 Å². The fourth-order valence-corrected chi connectivity index (χ4v) is 3.64. The number of anilines is 2. The molecule has 0 atom stereocenters. The molecule has 32 heavy (non-hydrogen) atoms. The van der Waals surface area contributed by atoms with E-state index < -0.39 is 5.60 Å². The van der Waals surface area contributed by atoms with Gasteiger partial charge in [-0.25, -0.2) is 4.79 Å². The summed E-state index contributed by atoms with van der Waals surface area (Å²) in [5, 5.41) is 4.50. The number of carbonyl (C=O) groups is 1. The molecular formula is C28H28N2O2. The molecule has 0 bridgehead atoms. The molecule has 4 heteroatoms. The van der Waals surface area contributed by atoms with Crippen molar-refractivity contribution in [3.05, 3.63) is 102 Å². The molecule has 162 valence electrons. The van der Waals surface area contributed by atoms with Crippen LogP contribution in [0.2, 0.25) is 0 Å². The number of carbonyl (C=O) groups excluding carboxylic acids is 1. The van der Waals surface area contributed by atoms with Crippen molar-refractivity contribution in [1.82, 2.24) is 4.98 Å². The summed E-state index contributed by atoms with van der Waals surface area (Å²) in [6.45, 7) is 5.63. The number of rotatable bonds is 6. The number of pyridine rings is 1. The number of benzene rings is 3. The molecule has 3 aromatic carbocycles. The Bertz CT molecular complexity index is 1220. The number of hydrogen-bond donors (Lipinski definition) is 1. The topological polar surface area (TPSA) is 51.2 Å². The predicted molar refractivity (Wildman–Crippen MR) is 130 cm³/mol. The Morgan fingerprint density at radius 3 is 2.38 bits per heavy atom. The Balaban J connectivity index is 1.68. The van der Waals surface area contributed by atoms with Crippen LogP contribution >= 0.6 is 0 Å². The highest BCUT2D eigenvalue weighted by molar-refractivity contribution is 5.99. The molecule has 1 N–H and O–H groups in total. The largest absolute Gasteiger partial charge is 0.456 e. The van der Waals surface area contributed by atoms with Gasteiger partial charge in [0.2, 0.25) is 0 Å². The second kappa shape index (κ2) is 9.23. The molecule has 4 aromatic rings. The zero-order valence-corrected chi connectivity index (χ0v) is 18.8. The highest BCUT2D eigenvalue weighted by Crippen LogP contribution is 2.29. The molecule has 0 fully saturated rings. The lowest BCUT2D eigenvalue weighted by atomic mass is 10.0. The lowest BCUT2D eigenvalue weighted by Gasteiger charge is -2.21. The molecule has 4 nitrogen and oxygen atoms in total. The van der Waals surface area contributed by atoms with Crippen molar-refractivity contribution in [2.45, 2.75) is 39.2 Å². The van der Waals surface area contributed by atoms with Crippen molar-refractivity contribution < 1.29 is 9.53 Å². The summed E-state index contributed by atoms with van der Waals surface area (Å²) < 4.78 is 5.66. The zero-order chi connectivity index (χ0) is 22.6. The van der Waals surface area contributed by atoms with E-state index in [9.17, 15) is 4.79 Å². The van der Waals surface area contributed by atoms with Gasteiger partial charge in [0, 0.05) is 11.6 Å². The first kappa shape index (κ1) is 21.6. The molecule has 0 unspecified atom stereocenters. The maximum absolute atomic E-state index is 12.9. The highest BCUT2D eigenvalue weighted by atomic mass is 16.6. The second-order valence-corrected chi connectivity index (χ2v) is 8.87. The van der Waals surface area contributed by atoms with Gasteiger partial charge >= 0.3 is 5.97 Å². The quantitative estimate of drug-likeness (QED) is 0.349. The van der Waals surface area contributed by atoms with Crippen LogP contribution in [0.1, 0.15) is 42.3 Å². The number of hydrogen-bond acceptors (Lipinski definition) is 4. The third-order valence-electron chi connectivity index (χ3n) is 5.15. The first-order chi connectivity index (χ1) is 15.4. The lowest BCUT2D eigenvalue weighted by molar-refractivity contribution is 0.00707. The maximum Gasteiger partial charge on any atom is 0.340 e. The van der Waals surface area contributed by atoms with Gasteiger partial charge in [0.05, 0.1) is 22.5 Å². The van der Waals surface area contributed by atoms with Gasteiger partial charge in [0.15, 0.2) is 0 Å². The number of para-hydroxylation sites is 1. The fraction of sp³-hybridized carbons (Fsp3) is 0.214. The van der Waals surface area contributed by atoms with Crippen LogP contribution in [0.25, 0.3) is 10.9 Å². The lowest BCUT2D eigenvalue weighted by Crippen LogP contribution is -2.24. The fourth-order valence-electron chi connectivity index (χ4n) is 3.64. The van der Waals surface area contributed by atoms with E-state index in [0.29, 0.717) is 5.56 Å². The van der Waals surface area contributed by atoms with Crippen LogP contribution in [0, 0.1) is 0 Å². The Labute approximate surface area is 189 Å². The van der Waals surface area contributed by atoms with Gasteiger partial charge in [-0.15, -0.1) is 0 Å². The van der Waals surface area contributed by atoms with Gasteiger partial charge in [0.25, 0.3) is 0 Å². The summed E-state index contributed by atoms with van der Waals surface area (Å²) in [4.78, 5) is 17.5. The Morgan fingerprint density at radius 1 is 0.844 bits per heavy atom. The number of esters is 1. The summed E-state index contributed by atoms with van der Waals surface area (Å²) in [7, 11) is 0. The van der Waals surface area contributed by atoms with Gasteiger partial charge < -0.3 is 10.1 Å². The van der Waals surface area contributed by atoms with E-state index >= 15 is 0 Å². The van der Waals surface area contributed by atoms with E-state index in [1.807, 2.05) is 75.4 Å². The van der Waals surface area contributed by atoms with Gasteiger partial charge in [-0.1, -0.05) is 54.6 Å². The van der Waals surface area contributed by atoms with E-state index in [2.05, 4.69) is 34.6 Å². The highest BCUT2D eigenvalue weighted by Gasteiger charge is 2.21. The SMILES string of the molecule is CC(C)(C)OC(=O)c1ccc(CCc2ccccc2)cc1Nc1cccc2cccnc12. The van der Waals surface area contributed by atoms with E-state index in [1.165, 1.54) is 5.56 Å². The molecule has 0 amide bonds. The van der Waals surface area contributed by atoms with Crippen molar-refractivity contribution in [1.29, 1.82) is 0 Å². The number of nitrogens with zero attached hydrogens (tertiary/aromatic N) is 1. The monoisotopic (exact) mass is 424 g/mol. The number of ether oxygens (including phenoxy) is 1. The molecule has 0 saturated carbocycles. The average molecular weight is 425 g/mol. The molecular weight excluding hydrogens is 396 g/mol. The smallest absolute Gasteiger partial charge is 0.340 e. The number of fused-ring (bicyclic) bond motifs is 1. The molecule has 1 aromatic heterocycles. The summed E-state index contributed by atoms with van der Waals surface area (Å²) >= 11 is 0. The van der Waals surface area contributed by atoms with E-state index in [4.69, 9.17) is 4.74 Å². The predicted octanol–water partition coefficient (Wildman–Crippen LogP) is 6.72.